The minimum absolute atomic E-state index is 0.0888. The van der Waals surface area contributed by atoms with Crippen molar-refractivity contribution < 1.29 is 23.8 Å². The lowest BCUT2D eigenvalue weighted by Crippen LogP contribution is -2.38. The molecule has 1 atom stereocenters. The Bertz CT molecular complexity index is 1040. The van der Waals surface area contributed by atoms with E-state index in [2.05, 4.69) is 0 Å². The SMILES string of the molecule is CCC1=C(C(=O)OC)[C@@H](c2ccc(OC)cc2OC)N2C(CC(=O)N3CCCC3)=CSC2=N1. The molecule has 3 aliphatic rings. The molecule has 0 saturated carbocycles. The average Bonchev–Trinajstić information content (AvgIpc) is 3.52. The van der Waals surface area contributed by atoms with E-state index in [1.165, 1.54) is 18.9 Å². The number of carbonyl (C=O) groups excluding carboxylic acids is 2. The Balaban J connectivity index is 1.80. The second kappa shape index (κ2) is 9.91. The number of likely N-dealkylation sites (tertiary alicyclic amines) is 1. The molecule has 4 rings (SSSR count). The fourth-order valence-corrected chi connectivity index (χ4v) is 5.42. The highest BCUT2D eigenvalue weighted by atomic mass is 32.2. The van der Waals surface area contributed by atoms with E-state index in [1.54, 1.807) is 20.3 Å². The molecule has 0 aliphatic carbocycles. The van der Waals surface area contributed by atoms with Gasteiger partial charge in [0.2, 0.25) is 5.91 Å². The molecule has 1 saturated heterocycles. The molecule has 8 nitrogen and oxygen atoms in total. The quantitative estimate of drug-likeness (QED) is 0.559. The van der Waals surface area contributed by atoms with Gasteiger partial charge >= 0.3 is 5.97 Å². The first-order chi connectivity index (χ1) is 16.0. The van der Waals surface area contributed by atoms with Gasteiger partial charge in [-0.05, 0) is 36.8 Å². The van der Waals surface area contributed by atoms with Crippen molar-refractivity contribution in [2.45, 2.75) is 38.6 Å². The summed E-state index contributed by atoms with van der Waals surface area (Å²) in [6, 6.07) is 4.99. The van der Waals surface area contributed by atoms with Crippen LogP contribution >= 0.6 is 11.8 Å². The first-order valence-corrected chi connectivity index (χ1v) is 11.9. The van der Waals surface area contributed by atoms with Gasteiger partial charge < -0.3 is 24.0 Å². The summed E-state index contributed by atoms with van der Waals surface area (Å²) in [6.45, 7) is 3.55. The molecule has 0 bridgehead atoms. The molecular formula is C24H29N3O5S. The number of esters is 1. The maximum atomic E-state index is 13.0. The lowest BCUT2D eigenvalue weighted by Gasteiger charge is -2.37. The maximum absolute atomic E-state index is 13.0. The van der Waals surface area contributed by atoms with E-state index >= 15 is 0 Å². The van der Waals surface area contributed by atoms with Crippen LogP contribution in [0.2, 0.25) is 0 Å². The normalized spacial score (nSPS) is 19.8. The zero-order valence-electron chi connectivity index (χ0n) is 19.4. The van der Waals surface area contributed by atoms with E-state index in [9.17, 15) is 9.59 Å². The number of fused-ring (bicyclic) bond motifs is 1. The first-order valence-electron chi connectivity index (χ1n) is 11.1. The highest BCUT2D eigenvalue weighted by Gasteiger charge is 2.43. The number of amides is 1. The Morgan fingerprint density at radius 2 is 1.91 bits per heavy atom. The van der Waals surface area contributed by atoms with E-state index in [1.807, 2.05) is 34.3 Å². The number of carbonyl (C=O) groups is 2. The minimum Gasteiger partial charge on any atom is -0.497 e. The number of aliphatic imine (C=N–C) groups is 1. The number of allylic oxidation sites excluding steroid dienone is 1. The Morgan fingerprint density at radius 1 is 1.15 bits per heavy atom. The van der Waals surface area contributed by atoms with Crippen LogP contribution in [0.5, 0.6) is 11.5 Å². The zero-order chi connectivity index (χ0) is 23.5. The number of hydrogen-bond donors (Lipinski definition) is 0. The molecule has 0 unspecified atom stereocenters. The van der Waals surface area contributed by atoms with Gasteiger partial charge in [-0.15, -0.1) is 0 Å². The van der Waals surface area contributed by atoms with Crippen LogP contribution in [-0.2, 0) is 14.3 Å². The van der Waals surface area contributed by atoms with E-state index in [0.717, 1.165) is 42.4 Å². The van der Waals surface area contributed by atoms with E-state index in [0.29, 0.717) is 29.2 Å². The Morgan fingerprint density at radius 3 is 2.55 bits per heavy atom. The monoisotopic (exact) mass is 471 g/mol. The van der Waals surface area contributed by atoms with Gasteiger partial charge in [-0.1, -0.05) is 18.7 Å². The number of amidine groups is 1. The summed E-state index contributed by atoms with van der Waals surface area (Å²) < 4.78 is 16.2. The number of ether oxygens (including phenoxy) is 3. The van der Waals surface area contributed by atoms with Crippen LogP contribution in [0, 0.1) is 0 Å². The third-order valence-electron chi connectivity index (χ3n) is 6.16. The molecule has 0 N–H and O–H groups in total. The van der Waals surface area contributed by atoms with Crippen LogP contribution in [0.25, 0.3) is 0 Å². The number of hydrogen-bond acceptors (Lipinski definition) is 8. The lowest BCUT2D eigenvalue weighted by molar-refractivity contribution is -0.136. The van der Waals surface area contributed by atoms with Crippen LogP contribution < -0.4 is 9.47 Å². The largest absolute Gasteiger partial charge is 0.497 e. The van der Waals surface area contributed by atoms with Crippen molar-refractivity contribution in [1.82, 2.24) is 9.80 Å². The maximum Gasteiger partial charge on any atom is 0.338 e. The van der Waals surface area contributed by atoms with Crippen molar-refractivity contribution in [2.24, 2.45) is 4.99 Å². The van der Waals surface area contributed by atoms with Gasteiger partial charge in [-0.25, -0.2) is 9.79 Å². The molecule has 33 heavy (non-hydrogen) atoms. The van der Waals surface area contributed by atoms with Crippen molar-refractivity contribution >= 4 is 28.8 Å². The van der Waals surface area contributed by atoms with E-state index in [-0.39, 0.29) is 12.3 Å². The first kappa shape index (κ1) is 23.2. The zero-order valence-corrected chi connectivity index (χ0v) is 20.2. The third kappa shape index (κ3) is 4.34. The predicted molar refractivity (Wildman–Crippen MR) is 127 cm³/mol. The molecule has 0 radical (unpaired) electrons. The predicted octanol–water partition coefficient (Wildman–Crippen LogP) is 3.85. The topological polar surface area (TPSA) is 80.7 Å². The number of rotatable bonds is 7. The summed E-state index contributed by atoms with van der Waals surface area (Å²) >= 11 is 1.47. The van der Waals surface area contributed by atoms with Crippen LogP contribution in [0.4, 0.5) is 0 Å². The summed E-state index contributed by atoms with van der Waals surface area (Å²) in [5, 5.41) is 2.70. The molecule has 0 aromatic heterocycles. The van der Waals surface area contributed by atoms with Crippen molar-refractivity contribution in [2.75, 3.05) is 34.4 Å². The molecule has 1 amide bonds. The van der Waals surface area contributed by atoms with Gasteiger partial charge in [0.25, 0.3) is 0 Å². The third-order valence-corrected chi connectivity index (χ3v) is 7.04. The summed E-state index contributed by atoms with van der Waals surface area (Å²) in [6.07, 6.45) is 2.89. The molecule has 1 fully saturated rings. The molecule has 3 heterocycles. The summed E-state index contributed by atoms with van der Waals surface area (Å²) in [5.74, 6) is 0.875. The van der Waals surface area contributed by atoms with E-state index < -0.39 is 12.0 Å². The Kier molecular flexibility index (Phi) is 6.97. The average molecular weight is 472 g/mol. The molecule has 1 aromatic rings. The lowest BCUT2D eigenvalue weighted by atomic mass is 9.92. The Labute approximate surface area is 198 Å². The highest BCUT2D eigenvalue weighted by Crippen LogP contribution is 2.48. The highest BCUT2D eigenvalue weighted by molar-refractivity contribution is 8.16. The van der Waals surface area contributed by atoms with Gasteiger partial charge in [0, 0.05) is 30.4 Å². The molecule has 9 heteroatoms. The molecule has 1 aromatic carbocycles. The van der Waals surface area contributed by atoms with Gasteiger partial charge in [-0.3, -0.25) is 4.79 Å². The van der Waals surface area contributed by atoms with Crippen molar-refractivity contribution in [1.29, 1.82) is 0 Å². The van der Waals surface area contributed by atoms with Crippen LogP contribution in [-0.4, -0.2) is 61.3 Å². The second-order valence-corrected chi connectivity index (χ2v) is 8.81. The number of benzene rings is 1. The van der Waals surface area contributed by atoms with Gasteiger partial charge in [0.15, 0.2) is 5.17 Å². The minimum atomic E-state index is -0.534. The van der Waals surface area contributed by atoms with Gasteiger partial charge in [0.1, 0.15) is 11.5 Å². The fraction of sp³-hybridized carbons (Fsp3) is 0.458. The fourth-order valence-electron chi connectivity index (χ4n) is 4.48. The van der Waals surface area contributed by atoms with Crippen molar-refractivity contribution in [3.05, 3.63) is 46.1 Å². The standard InChI is InChI=1S/C24H29N3O5S/c1-5-18-21(23(29)32-4)22(17-9-8-16(30-2)13-19(17)31-3)27-15(14-33-24(27)25-18)12-20(28)26-10-6-7-11-26/h8-9,13-14,22H,5-7,10-12H2,1-4H3/t22-/m1/s1. The summed E-state index contributed by atoms with van der Waals surface area (Å²) in [7, 11) is 4.55. The van der Waals surface area contributed by atoms with Crippen LogP contribution in [0.15, 0.2) is 45.6 Å². The molecule has 3 aliphatic heterocycles. The van der Waals surface area contributed by atoms with Crippen LogP contribution in [0.1, 0.15) is 44.2 Å². The number of nitrogens with zero attached hydrogens (tertiary/aromatic N) is 3. The molecule has 176 valence electrons. The number of methoxy groups -OCH3 is 3. The van der Waals surface area contributed by atoms with Crippen molar-refractivity contribution in [3.8, 4) is 11.5 Å². The summed E-state index contributed by atoms with van der Waals surface area (Å²) in [4.78, 5) is 34.7. The van der Waals surface area contributed by atoms with Gasteiger partial charge in [-0.2, -0.15) is 0 Å². The van der Waals surface area contributed by atoms with Gasteiger partial charge in [0.05, 0.1) is 45.1 Å². The smallest absolute Gasteiger partial charge is 0.338 e. The van der Waals surface area contributed by atoms with E-state index in [4.69, 9.17) is 19.2 Å². The van der Waals surface area contributed by atoms with Crippen molar-refractivity contribution in [3.63, 3.8) is 0 Å². The Hall–Kier alpha value is -2.94. The molecule has 0 spiro atoms. The number of thioether (sulfide) groups is 1. The van der Waals surface area contributed by atoms with Crippen LogP contribution in [0.3, 0.4) is 0 Å². The second-order valence-electron chi connectivity index (χ2n) is 7.97. The summed E-state index contributed by atoms with van der Waals surface area (Å²) in [5.41, 5.74) is 2.72. The molecular weight excluding hydrogens is 442 g/mol.